The summed E-state index contributed by atoms with van der Waals surface area (Å²) in [6.07, 6.45) is -6.94. The molecule has 2 saturated heterocycles. The molecule has 174 valence electrons. The van der Waals surface area contributed by atoms with E-state index in [0.29, 0.717) is 28.3 Å². The van der Waals surface area contributed by atoms with Gasteiger partial charge in [0.25, 0.3) is 6.43 Å². The van der Waals surface area contributed by atoms with E-state index in [2.05, 4.69) is 0 Å². The third kappa shape index (κ3) is 3.99. The fraction of sp³-hybridized carbons (Fsp3) is 0.455. The van der Waals surface area contributed by atoms with Crippen LogP contribution in [-0.2, 0) is 21.7 Å². The molecule has 2 bridgehead atoms. The van der Waals surface area contributed by atoms with Crippen molar-refractivity contribution < 1.29 is 43.4 Å². The van der Waals surface area contributed by atoms with Crippen LogP contribution >= 0.6 is 11.6 Å². The predicted molar refractivity (Wildman–Crippen MR) is 109 cm³/mol. The van der Waals surface area contributed by atoms with E-state index in [0.717, 1.165) is 5.56 Å². The lowest BCUT2D eigenvalue weighted by molar-refractivity contribution is -0.329. The lowest BCUT2D eigenvalue weighted by atomic mass is 9.83. The summed E-state index contributed by atoms with van der Waals surface area (Å²) in [6, 6.07) is 11.4. The van der Waals surface area contributed by atoms with Crippen molar-refractivity contribution in [2.75, 3.05) is 19.8 Å². The molecule has 32 heavy (non-hydrogen) atoms. The van der Waals surface area contributed by atoms with E-state index >= 15 is 0 Å². The predicted octanol–water partition coefficient (Wildman–Crippen LogP) is 1.60. The second-order valence-electron chi connectivity index (χ2n) is 7.99. The number of ether oxygens (including phenoxy) is 3. The number of aliphatic hydroxyl groups excluding tert-OH is 4. The van der Waals surface area contributed by atoms with Gasteiger partial charge in [0.2, 0.25) is 5.79 Å². The first-order chi connectivity index (χ1) is 15.2. The summed E-state index contributed by atoms with van der Waals surface area (Å²) >= 11 is 6.36. The summed E-state index contributed by atoms with van der Waals surface area (Å²) in [4.78, 5) is 0. The average Bonchev–Trinajstić information content (AvgIpc) is 3.17. The first-order valence-corrected chi connectivity index (χ1v) is 10.4. The highest BCUT2D eigenvalue weighted by Gasteiger charge is 2.67. The molecule has 0 amide bonds. The molecule has 0 unspecified atom stereocenters. The van der Waals surface area contributed by atoms with Gasteiger partial charge in [-0.15, -0.1) is 0 Å². The van der Waals surface area contributed by atoms with Gasteiger partial charge in [-0.1, -0.05) is 29.8 Å². The summed E-state index contributed by atoms with van der Waals surface area (Å²) in [5.41, 5.74) is 0.277. The van der Waals surface area contributed by atoms with E-state index in [1.165, 1.54) is 0 Å². The Morgan fingerprint density at radius 3 is 2.47 bits per heavy atom. The van der Waals surface area contributed by atoms with Gasteiger partial charge in [0.15, 0.2) is 0 Å². The van der Waals surface area contributed by atoms with Crippen molar-refractivity contribution in [1.29, 1.82) is 0 Å². The molecule has 2 aliphatic rings. The summed E-state index contributed by atoms with van der Waals surface area (Å²) in [6.45, 7) is -1.52. The third-order valence-electron chi connectivity index (χ3n) is 5.87. The highest BCUT2D eigenvalue weighted by atomic mass is 35.5. The Balaban J connectivity index is 1.59. The molecule has 0 radical (unpaired) electrons. The van der Waals surface area contributed by atoms with Crippen LogP contribution in [0.25, 0.3) is 0 Å². The van der Waals surface area contributed by atoms with Gasteiger partial charge in [-0.25, -0.2) is 8.78 Å². The van der Waals surface area contributed by atoms with Crippen molar-refractivity contribution in [3.63, 3.8) is 0 Å². The Morgan fingerprint density at radius 1 is 1.09 bits per heavy atom. The molecule has 2 aromatic carbocycles. The number of rotatable bonds is 7. The Hall–Kier alpha value is -1.85. The van der Waals surface area contributed by atoms with Gasteiger partial charge in [-0.3, -0.25) is 0 Å². The maximum atomic E-state index is 12.3. The number of benzene rings is 2. The second-order valence-corrected chi connectivity index (χ2v) is 8.40. The van der Waals surface area contributed by atoms with Gasteiger partial charge in [0.1, 0.15) is 36.3 Å². The van der Waals surface area contributed by atoms with Crippen molar-refractivity contribution in [3.8, 4) is 5.75 Å². The van der Waals surface area contributed by atoms with Crippen LogP contribution in [0.2, 0.25) is 5.02 Å². The Labute approximate surface area is 187 Å². The van der Waals surface area contributed by atoms with Crippen LogP contribution in [-0.4, -0.2) is 70.6 Å². The molecule has 0 aliphatic carbocycles. The highest BCUT2D eigenvalue weighted by Crippen LogP contribution is 2.49. The van der Waals surface area contributed by atoms with Crippen molar-refractivity contribution in [3.05, 3.63) is 64.2 Å². The van der Waals surface area contributed by atoms with E-state index < -0.39 is 49.3 Å². The zero-order chi connectivity index (χ0) is 23.1. The molecular weight excluding hydrogens is 450 g/mol. The van der Waals surface area contributed by atoms with Crippen LogP contribution in [0.4, 0.5) is 8.78 Å². The van der Waals surface area contributed by atoms with Crippen LogP contribution in [0.15, 0.2) is 42.5 Å². The quantitative estimate of drug-likeness (QED) is 0.485. The average molecular weight is 473 g/mol. The molecule has 2 aromatic rings. The van der Waals surface area contributed by atoms with Gasteiger partial charge in [0, 0.05) is 10.6 Å². The molecule has 0 saturated carbocycles. The number of hydrogen-bond acceptors (Lipinski definition) is 7. The van der Waals surface area contributed by atoms with Crippen LogP contribution in [0.3, 0.4) is 0 Å². The fourth-order valence-electron chi connectivity index (χ4n) is 4.08. The van der Waals surface area contributed by atoms with Gasteiger partial charge in [-0.05, 0) is 41.8 Å². The van der Waals surface area contributed by atoms with E-state index in [9.17, 15) is 29.2 Å². The molecule has 5 atom stereocenters. The molecule has 4 N–H and O–H groups in total. The van der Waals surface area contributed by atoms with E-state index in [1.807, 2.05) is 0 Å². The molecule has 2 heterocycles. The monoisotopic (exact) mass is 472 g/mol. The summed E-state index contributed by atoms with van der Waals surface area (Å²) in [5, 5.41) is 41.5. The van der Waals surface area contributed by atoms with Crippen LogP contribution in [0.5, 0.6) is 5.75 Å². The first-order valence-electron chi connectivity index (χ1n) is 9.99. The van der Waals surface area contributed by atoms with E-state index in [1.54, 1.807) is 42.5 Å². The van der Waals surface area contributed by atoms with Crippen molar-refractivity contribution in [1.82, 2.24) is 0 Å². The minimum atomic E-state index is -2.56. The maximum Gasteiger partial charge on any atom is 0.272 e. The molecule has 0 aromatic heterocycles. The Bertz CT molecular complexity index is 960. The lowest BCUT2D eigenvalue weighted by Crippen LogP contribution is -2.65. The number of fused-ring (bicyclic) bond motifs is 2. The zero-order valence-electron chi connectivity index (χ0n) is 16.8. The number of halogens is 3. The first kappa shape index (κ1) is 23.3. The van der Waals surface area contributed by atoms with Gasteiger partial charge in [0.05, 0.1) is 13.2 Å². The Morgan fingerprint density at radius 2 is 1.81 bits per heavy atom. The SMILES string of the molecule is OC[C@]12CO[C@](c3ccc(Cl)c(Cc4ccc(OCC(F)F)cc4)c3)(O1)[C@H](O)[C@@H](O)[C@@H]2O. The second kappa shape index (κ2) is 8.83. The molecule has 2 fully saturated rings. The smallest absolute Gasteiger partial charge is 0.272 e. The molecule has 2 aliphatic heterocycles. The van der Waals surface area contributed by atoms with Crippen molar-refractivity contribution in [2.45, 2.75) is 42.5 Å². The van der Waals surface area contributed by atoms with Crippen molar-refractivity contribution in [2.24, 2.45) is 0 Å². The number of aliphatic hydroxyl groups is 4. The summed E-state index contributed by atoms with van der Waals surface area (Å²) in [7, 11) is 0. The van der Waals surface area contributed by atoms with Gasteiger partial charge in [-0.2, -0.15) is 0 Å². The molecular formula is C22H23ClF2O7. The standard InChI is InChI=1S/C22H23ClF2O7/c23-16-6-3-14(22-20(29)18(27)19(28)21(10-26,32-22)11-31-22)8-13(16)7-12-1-4-15(5-2-12)30-9-17(24)25/h1-6,8,17-20,26-29H,7,9-11H2/t18-,19-,20+,21+,22+/m0/s1. The fourth-order valence-corrected chi connectivity index (χ4v) is 4.27. The topological polar surface area (TPSA) is 109 Å². The van der Waals surface area contributed by atoms with Gasteiger partial charge < -0.3 is 34.6 Å². The summed E-state index contributed by atoms with van der Waals surface area (Å²) in [5.74, 6) is -1.47. The highest BCUT2D eigenvalue weighted by molar-refractivity contribution is 6.31. The third-order valence-corrected chi connectivity index (χ3v) is 6.24. The van der Waals surface area contributed by atoms with Crippen LogP contribution < -0.4 is 4.74 Å². The van der Waals surface area contributed by atoms with Gasteiger partial charge >= 0.3 is 0 Å². The normalized spacial score (nSPS) is 31.8. The zero-order valence-corrected chi connectivity index (χ0v) is 17.6. The molecule has 0 spiro atoms. The molecule has 7 nitrogen and oxygen atoms in total. The summed E-state index contributed by atoms with van der Waals surface area (Å²) < 4.78 is 41.1. The minimum Gasteiger partial charge on any atom is -0.488 e. The maximum absolute atomic E-state index is 12.3. The molecule has 4 rings (SSSR count). The van der Waals surface area contributed by atoms with Crippen LogP contribution in [0.1, 0.15) is 16.7 Å². The van der Waals surface area contributed by atoms with Crippen molar-refractivity contribution >= 4 is 11.6 Å². The Kier molecular flexibility index (Phi) is 6.43. The van der Waals surface area contributed by atoms with E-state index in [4.69, 9.17) is 25.8 Å². The largest absolute Gasteiger partial charge is 0.488 e. The number of hydrogen-bond donors (Lipinski definition) is 4. The lowest BCUT2D eigenvalue weighted by Gasteiger charge is -2.46. The molecule has 10 heteroatoms. The van der Waals surface area contributed by atoms with E-state index in [-0.39, 0.29) is 6.61 Å². The number of alkyl halides is 2. The van der Waals surface area contributed by atoms with Crippen LogP contribution in [0, 0.1) is 0 Å². The minimum absolute atomic E-state index is 0.225.